The van der Waals surface area contributed by atoms with Crippen LogP contribution in [0.25, 0.3) is 0 Å². The number of hydrogen-bond donors (Lipinski definition) is 0. The average molecular weight is 203 g/mol. The first-order chi connectivity index (χ1) is 3.93. The van der Waals surface area contributed by atoms with Gasteiger partial charge in [-0.25, -0.2) is 0 Å². The first-order valence-electron chi connectivity index (χ1n) is 2.19. The quantitative estimate of drug-likeness (QED) is 0.602. The maximum atomic E-state index is 11.8. The standard InChI is InChI=1S/C6H5.FH.Pd/c1-2-4-6-5-3-1;;/h1-5H;1H;/q;;+1/p-1. The zero-order valence-corrected chi connectivity index (χ0v) is 5.64. The van der Waals surface area contributed by atoms with Gasteiger partial charge in [0.2, 0.25) is 0 Å². The molecule has 0 spiro atoms. The monoisotopic (exact) mass is 202 g/mol. The van der Waals surface area contributed by atoms with E-state index in [1.807, 2.05) is 18.2 Å². The van der Waals surface area contributed by atoms with E-state index in [1.165, 1.54) is 0 Å². The van der Waals surface area contributed by atoms with Crippen LogP contribution >= 0.6 is 0 Å². The molecule has 1 aromatic rings. The second-order valence-electron chi connectivity index (χ2n) is 1.32. The Hall–Kier alpha value is -0.188. The molecule has 46 valence electrons. The summed E-state index contributed by atoms with van der Waals surface area (Å²) >= 11 is -0.738. The zero-order chi connectivity index (χ0) is 5.82. The van der Waals surface area contributed by atoms with Crippen molar-refractivity contribution in [3.63, 3.8) is 0 Å². The van der Waals surface area contributed by atoms with Crippen LogP contribution in [0.1, 0.15) is 0 Å². The van der Waals surface area contributed by atoms with Crippen molar-refractivity contribution in [1.82, 2.24) is 0 Å². The molecule has 0 nitrogen and oxygen atoms in total. The van der Waals surface area contributed by atoms with Gasteiger partial charge in [0.25, 0.3) is 0 Å². The summed E-state index contributed by atoms with van der Waals surface area (Å²) in [4.78, 5) is 0. The summed E-state index contributed by atoms with van der Waals surface area (Å²) in [6, 6.07) is 9.14. The number of rotatable bonds is 1. The minimum atomic E-state index is -0.738. The minimum absolute atomic E-state index is 0.738. The molecule has 1 rings (SSSR count). The average Bonchev–Trinajstić information content (AvgIpc) is 1.90. The topological polar surface area (TPSA) is 0 Å². The van der Waals surface area contributed by atoms with Gasteiger partial charge in [-0.2, -0.15) is 0 Å². The molecule has 0 fully saturated rings. The zero-order valence-electron chi connectivity index (χ0n) is 4.08. The molecule has 0 atom stereocenters. The molecule has 0 saturated carbocycles. The Balaban J connectivity index is 2.83. The van der Waals surface area contributed by atoms with Gasteiger partial charge >= 0.3 is 56.1 Å². The molecule has 0 amide bonds. The van der Waals surface area contributed by atoms with Gasteiger partial charge in [-0.05, 0) is 0 Å². The molecule has 0 unspecified atom stereocenters. The van der Waals surface area contributed by atoms with Gasteiger partial charge in [0, 0.05) is 0 Å². The third-order valence-electron chi connectivity index (χ3n) is 0.782. The van der Waals surface area contributed by atoms with E-state index in [9.17, 15) is 3.22 Å². The SMILES string of the molecule is [F][Pd][c]1ccccc1. The molecule has 0 aromatic heterocycles. The Morgan fingerprint density at radius 1 is 1.12 bits per heavy atom. The number of benzene rings is 1. The first kappa shape index (κ1) is 5.94. The van der Waals surface area contributed by atoms with Crippen molar-refractivity contribution >= 4 is 4.04 Å². The molecule has 0 heterocycles. The summed E-state index contributed by atoms with van der Waals surface area (Å²) in [5.74, 6) is 0. The van der Waals surface area contributed by atoms with E-state index >= 15 is 0 Å². The normalized spacial score (nSPS) is 9.62. The molecular weight excluding hydrogens is 197 g/mol. The summed E-state index contributed by atoms with van der Waals surface area (Å²) in [6.07, 6.45) is 0. The summed E-state index contributed by atoms with van der Waals surface area (Å²) < 4.78 is 12.6. The van der Waals surface area contributed by atoms with Crippen LogP contribution in [0, 0.1) is 0 Å². The van der Waals surface area contributed by atoms with Crippen LogP contribution in [0.5, 0.6) is 0 Å². The van der Waals surface area contributed by atoms with Crippen molar-refractivity contribution in [2.45, 2.75) is 0 Å². The fourth-order valence-corrected chi connectivity index (χ4v) is 0.938. The molecule has 0 radical (unpaired) electrons. The Bertz CT molecular complexity index is 150. The van der Waals surface area contributed by atoms with Crippen molar-refractivity contribution in [3.05, 3.63) is 30.3 Å². The van der Waals surface area contributed by atoms with Gasteiger partial charge in [0.05, 0.1) is 0 Å². The summed E-state index contributed by atoms with van der Waals surface area (Å²) in [7, 11) is 0. The van der Waals surface area contributed by atoms with Crippen LogP contribution in [-0.2, 0) is 18.5 Å². The Labute approximate surface area is 56.5 Å². The van der Waals surface area contributed by atoms with E-state index in [2.05, 4.69) is 0 Å². The maximum absolute atomic E-state index is 11.8. The van der Waals surface area contributed by atoms with Crippen molar-refractivity contribution in [2.75, 3.05) is 0 Å². The summed E-state index contributed by atoms with van der Waals surface area (Å²) in [6.45, 7) is 0. The van der Waals surface area contributed by atoms with E-state index in [0.717, 1.165) is 4.04 Å². The van der Waals surface area contributed by atoms with Gasteiger partial charge in [0.1, 0.15) is 0 Å². The Morgan fingerprint density at radius 2 is 1.75 bits per heavy atom. The van der Waals surface area contributed by atoms with Crippen LogP contribution in [0.15, 0.2) is 30.3 Å². The second-order valence-corrected chi connectivity index (χ2v) is 2.51. The summed E-state index contributed by atoms with van der Waals surface area (Å²) in [5, 5.41) is 0. The van der Waals surface area contributed by atoms with Gasteiger partial charge in [-0.15, -0.1) is 0 Å². The predicted molar refractivity (Wildman–Crippen MR) is 27.2 cm³/mol. The van der Waals surface area contributed by atoms with E-state index in [0.29, 0.717) is 0 Å². The van der Waals surface area contributed by atoms with Gasteiger partial charge < -0.3 is 0 Å². The van der Waals surface area contributed by atoms with E-state index in [1.54, 1.807) is 12.1 Å². The molecule has 0 bridgehead atoms. The van der Waals surface area contributed by atoms with Crippen molar-refractivity contribution < 1.29 is 21.7 Å². The third kappa shape index (κ3) is 1.40. The van der Waals surface area contributed by atoms with Crippen LogP contribution in [0.3, 0.4) is 0 Å². The van der Waals surface area contributed by atoms with Crippen molar-refractivity contribution in [1.29, 1.82) is 0 Å². The molecule has 0 aliphatic rings. The number of halogens is 1. The molecule has 0 saturated heterocycles. The Kier molecular flexibility index (Phi) is 2.20. The molecule has 8 heavy (non-hydrogen) atoms. The second kappa shape index (κ2) is 2.96. The molecule has 0 aliphatic carbocycles. The third-order valence-corrected chi connectivity index (χ3v) is 1.64. The van der Waals surface area contributed by atoms with Crippen LogP contribution in [0.2, 0.25) is 0 Å². The van der Waals surface area contributed by atoms with Gasteiger partial charge in [-0.1, -0.05) is 0 Å². The van der Waals surface area contributed by atoms with Gasteiger partial charge in [0.15, 0.2) is 0 Å². The van der Waals surface area contributed by atoms with Crippen molar-refractivity contribution in [3.8, 4) is 0 Å². The molecule has 0 aliphatic heterocycles. The molecule has 2 heteroatoms. The molecule has 0 N–H and O–H groups in total. The predicted octanol–water partition coefficient (Wildman–Crippen LogP) is 1.28. The van der Waals surface area contributed by atoms with Gasteiger partial charge in [-0.3, -0.25) is 0 Å². The van der Waals surface area contributed by atoms with E-state index < -0.39 is 18.5 Å². The first-order valence-corrected chi connectivity index (χ1v) is 3.55. The van der Waals surface area contributed by atoms with E-state index in [4.69, 9.17) is 0 Å². The molecule has 1 aromatic carbocycles. The Morgan fingerprint density at radius 3 is 2.12 bits per heavy atom. The summed E-state index contributed by atoms with van der Waals surface area (Å²) in [5.41, 5.74) is 0. The van der Waals surface area contributed by atoms with Crippen LogP contribution in [0.4, 0.5) is 3.22 Å². The van der Waals surface area contributed by atoms with Crippen molar-refractivity contribution in [2.24, 2.45) is 0 Å². The van der Waals surface area contributed by atoms with Crippen LogP contribution < -0.4 is 4.04 Å². The van der Waals surface area contributed by atoms with Crippen LogP contribution in [-0.4, -0.2) is 0 Å². The number of hydrogen-bond acceptors (Lipinski definition) is 0. The fourth-order valence-electron chi connectivity index (χ4n) is 0.443. The van der Waals surface area contributed by atoms with E-state index in [-0.39, 0.29) is 0 Å². The fraction of sp³-hybridized carbons (Fsp3) is 0. The molecular formula is C6H5FPd.